The van der Waals surface area contributed by atoms with E-state index in [1.54, 1.807) is 18.3 Å². The van der Waals surface area contributed by atoms with Gasteiger partial charge in [-0.05, 0) is 43.5 Å². The topological polar surface area (TPSA) is 56.7 Å². The smallest absolute Gasteiger partial charge is 0.416 e. The Kier molecular flexibility index (Phi) is 4.23. The van der Waals surface area contributed by atoms with E-state index in [1.165, 1.54) is 24.2 Å². The molecule has 2 heterocycles. The zero-order chi connectivity index (χ0) is 15.4. The van der Waals surface area contributed by atoms with E-state index in [1.807, 2.05) is 30.3 Å². The molecule has 1 saturated heterocycles. The lowest BCUT2D eigenvalue weighted by Crippen LogP contribution is -2.30. The van der Waals surface area contributed by atoms with Crippen molar-refractivity contribution in [2.45, 2.75) is 19.3 Å². The van der Waals surface area contributed by atoms with Gasteiger partial charge in [0.25, 0.3) is 0 Å². The molecule has 22 heavy (non-hydrogen) atoms. The van der Waals surface area contributed by atoms with Crippen LogP contribution in [0.1, 0.15) is 19.3 Å². The molecule has 0 atom stereocenters. The minimum atomic E-state index is -1.02. The number of carbonyl (C=O) groups is 1. The van der Waals surface area contributed by atoms with E-state index in [9.17, 15) is 9.90 Å². The van der Waals surface area contributed by atoms with Gasteiger partial charge in [-0.2, -0.15) is 0 Å². The molecule has 0 saturated carbocycles. The summed E-state index contributed by atoms with van der Waals surface area (Å²) in [6.45, 7) is 2.04. The highest BCUT2D eigenvalue weighted by Crippen LogP contribution is 2.26. The molecule has 3 rings (SSSR count). The van der Waals surface area contributed by atoms with E-state index in [-0.39, 0.29) is 0 Å². The van der Waals surface area contributed by atoms with Crippen molar-refractivity contribution in [3.05, 3.63) is 48.7 Å². The van der Waals surface area contributed by atoms with Crippen molar-refractivity contribution >= 4 is 23.3 Å². The molecule has 1 amide bonds. The van der Waals surface area contributed by atoms with Gasteiger partial charge in [0.2, 0.25) is 0 Å². The van der Waals surface area contributed by atoms with Crippen molar-refractivity contribution in [1.82, 2.24) is 4.98 Å². The first-order chi connectivity index (χ1) is 10.8. The van der Waals surface area contributed by atoms with Crippen molar-refractivity contribution in [1.29, 1.82) is 0 Å². The van der Waals surface area contributed by atoms with Crippen LogP contribution in [0.25, 0.3) is 0 Å². The molecule has 0 unspecified atom stereocenters. The quantitative estimate of drug-likeness (QED) is 0.934. The van der Waals surface area contributed by atoms with Crippen LogP contribution in [0.15, 0.2) is 48.7 Å². The van der Waals surface area contributed by atoms with Crippen molar-refractivity contribution in [3.8, 4) is 0 Å². The number of aromatic nitrogens is 1. The lowest BCUT2D eigenvalue weighted by Gasteiger charge is -2.28. The Morgan fingerprint density at radius 3 is 2.32 bits per heavy atom. The fourth-order valence-electron chi connectivity index (χ4n) is 2.77. The van der Waals surface area contributed by atoms with Crippen LogP contribution >= 0.6 is 0 Å². The fourth-order valence-corrected chi connectivity index (χ4v) is 2.77. The number of hydrogen-bond donors (Lipinski definition) is 1. The van der Waals surface area contributed by atoms with Crippen molar-refractivity contribution in [3.63, 3.8) is 0 Å². The second kappa shape index (κ2) is 6.47. The average molecular weight is 297 g/mol. The second-order valence-electron chi connectivity index (χ2n) is 5.38. The monoisotopic (exact) mass is 297 g/mol. The molecule has 1 aliphatic rings. The van der Waals surface area contributed by atoms with E-state index in [4.69, 9.17) is 0 Å². The number of piperidine rings is 1. The Morgan fingerprint density at radius 2 is 1.73 bits per heavy atom. The lowest BCUT2D eigenvalue weighted by molar-refractivity contribution is 0.205. The summed E-state index contributed by atoms with van der Waals surface area (Å²) in [7, 11) is 0. The van der Waals surface area contributed by atoms with E-state index < -0.39 is 6.09 Å². The van der Waals surface area contributed by atoms with E-state index in [2.05, 4.69) is 9.88 Å². The minimum absolute atomic E-state index is 0.555. The Hall–Kier alpha value is -2.56. The van der Waals surface area contributed by atoms with Gasteiger partial charge in [0.1, 0.15) is 5.82 Å². The van der Waals surface area contributed by atoms with Crippen LogP contribution in [0, 0.1) is 0 Å². The molecule has 1 N–H and O–H groups in total. The molecule has 0 spiro atoms. The number of hydrogen-bond acceptors (Lipinski definition) is 3. The van der Waals surface area contributed by atoms with Crippen LogP contribution in [0.5, 0.6) is 0 Å². The molecule has 114 valence electrons. The molecule has 0 bridgehead atoms. The highest BCUT2D eigenvalue weighted by molar-refractivity contribution is 5.94. The summed E-state index contributed by atoms with van der Waals surface area (Å²) in [5.41, 5.74) is 1.17. The van der Waals surface area contributed by atoms with Crippen LogP contribution in [0.4, 0.5) is 22.0 Å². The number of amides is 1. The Labute approximate surface area is 129 Å². The first-order valence-electron chi connectivity index (χ1n) is 7.55. The number of pyridine rings is 1. The number of anilines is 3. The molecule has 2 aromatic rings. The molecule has 0 radical (unpaired) electrons. The van der Waals surface area contributed by atoms with Gasteiger partial charge in [0, 0.05) is 13.1 Å². The van der Waals surface area contributed by atoms with Crippen LogP contribution in [0.3, 0.4) is 0 Å². The number of rotatable bonds is 3. The van der Waals surface area contributed by atoms with E-state index in [0.29, 0.717) is 11.4 Å². The summed E-state index contributed by atoms with van der Waals surface area (Å²) in [6, 6.07) is 12.8. The summed E-state index contributed by atoms with van der Waals surface area (Å²) in [5, 5.41) is 9.49. The molecule has 1 aromatic heterocycles. The predicted octanol–water partition coefficient (Wildman–Crippen LogP) is 3.89. The zero-order valence-corrected chi connectivity index (χ0v) is 12.4. The number of carboxylic acid groups (broad SMARTS) is 1. The maximum atomic E-state index is 11.6. The van der Waals surface area contributed by atoms with Gasteiger partial charge in [-0.15, -0.1) is 0 Å². The van der Waals surface area contributed by atoms with E-state index >= 15 is 0 Å². The van der Waals surface area contributed by atoms with Gasteiger partial charge >= 0.3 is 6.09 Å². The highest BCUT2D eigenvalue weighted by Gasteiger charge is 2.18. The van der Waals surface area contributed by atoms with E-state index in [0.717, 1.165) is 18.9 Å². The largest absolute Gasteiger partial charge is 0.464 e. The van der Waals surface area contributed by atoms with Gasteiger partial charge in [0.15, 0.2) is 0 Å². The summed E-state index contributed by atoms with van der Waals surface area (Å²) < 4.78 is 0. The third-order valence-electron chi connectivity index (χ3n) is 3.88. The first-order valence-corrected chi connectivity index (χ1v) is 7.55. The zero-order valence-electron chi connectivity index (χ0n) is 12.4. The summed E-state index contributed by atoms with van der Waals surface area (Å²) in [6.07, 6.45) is 4.27. The standard InChI is InChI=1S/C17H19N3O2/c21-17(22)20(14-7-3-1-4-8-14)15-9-10-16(18-13-15)19-11-5-2-6-12-19/h1,3-4,7-10,13H,2,5-6,11-12H2,(H,21,22). The maximum Gasteiger partial charge on any atom is 0.416 e. The predicted molar refractivity (Wildman–Crippen MR) is 86.9 cm³/mol. The Balaban J connectivity index is 1.85. The SMILES string of the molecule is O=C(O)N(c1ccccc1)c1ccc(N2CCCCC2)nc1. The van der Waals surface area contributed by atoms with Crippen LogP contribution in [-0.2, 0) is 0 Å². The van der Waals surface area contributed by atoms with Crippen LogP contribution < -0.4 is 9.80 Å². The van der Waals surface area contributed by atoms with Gasteiger partial charge in [-0.1, -0.05) is 18.2 Å². The normalized spacial score (nSPS) is 14.6. The molecule has 1 aliphatic heterocycles. The van der Waals surface area contributed by atoms with Crippen LogP contribution in [0.2, 0.25) is 0 Å². The molecular weight excluding hydrogens is 278 g/mol. The van der Waals surface area contributed by atoms with Gasteiger partial charge in [0.05, 0.1) is 17.6 Å². The molecule has 1 fully saturated rings. The first kappa shape index (κ1) is 14.4. The summed E-state index contributed by atoms with van der Waals surface area (Å²) >= 11 is 0. The van der Waals surface area contributed by atoms with Gasteiger partial charge in [-0.3, -0.25) is 0 Å². The minimum Gasteiger partial charge on any atom is -0.464 e. The maximum absolute atomic E-state index is 11.6. The highest BCUT2D eigenvalue weighted by atomic mass is 16.4. The molecule has 5 heteroatoms. The average Bonchev–Trinajstić information content (AvgIpc) is 2.57. The third-order valence-corrected chi connectivity index (χ3v) is 3.88. The third kappa shape index (κ3) is 3.03. The van der Waals surface area contributed by atoms with Crippen molar-refractivity contribution in [2.24, 2.45) is 0 Å². The lowest BCUT2D eigenvalue weighted by atomic mass is 10.1. The number of para-hydroxylation sites is 1. The molecule has 5 nitrogen and oxygen atoms in total. The van der Waals surface area contributed by atoms with Gasteiger partial charge in [-0.25, -0.2) is 14.7 Å². The van der Waals surface area contributed by atoms with Gasteiger partial charge < -0.3 is 10.0 Å². The molecule has 1 aromatic carbocycles. The van der Waals surface area contributed by atoms with Crippen LogP contribution in [-0.4, -0.2) is 29.3 Å². The Morgan fingerprint density at radius 1 is 1.00 bits per heavy atom. The van der Waals surface area contributed by atoms with Crippen molar-refractivity contribution < 1.29 is 9.90 Å². The Bertz CT molecular complexity index is 622. The summed E-state index contributed by atoms with van der Waals surface area (Å²) in [5.74, 6) is 0.918. The fraction of sp³-hybridized carbons (Fsp3) is 0.294. The molecule has 0 aliphatic carbocycles. The number of benzene rings is 1. The second-order valence-corrected chi connectivity index (χ2v) is 5.38. The van der Waals surface area contributed by atoms with Crippen molar-refractivity contribution in [2.75, 3.05) is 22.9 Å². The summed E-state index contributed by atoms with van der Waals surface area (Å²) in [4.78, 5) is 19.5. The number of nitrogens with zero attached hydrogens (tertiary/aromatic N) is 3. The molecular formula is C17H19N3O2.